The molecule has 7 rings (SSSR count). The topological polar surface area (TPSA) is 141 Å². The van der Waals surface area contributed by atoms with Crippen molar-refractivity contribution in [3.63, 3.8) is 0 Å². The van der Waals surface area contributed by atoms with E-state index in [0.717, 1.165) is 33.2 Å². The predicted molar refractivity (Wildman–Crippen MR) is 237 cm³/mol. The highest BCUT2D eigenvalue weighted by atomic mass is 16.5. The molecule has 0 fully saturated rings. The predicted octanol–water partition coefficient (Wildman–Crippen LogP) is 8.49. The van der Waals surface area contributed by atoms with Gasteiger partial charge in [-0.15, -0.1) is 0 Å². The van der Waals surface area contributed by atoms with Gasteiger partial charge in [0, 0.05) is 12.4 Å². The second-order valence-corrected chi connectivity index (χ2v) is 15.9. The number of ether oxygens (including phenoxy) is 3. The number of rotatable bonds is 15. The number of aryl methyl sites for hydroxylation is 3. The van der Waals surface area contributed by atoms with E-state index < -0.39 is 47.4 Å². The molecule has 0 spiro atoms. The summed E-state index contributed by atoms with van der Waals surface area (Å²) in [6.45, 7) is 3.98. The number of aromatic nitrogens is 2. The molecule has 0 saturated carbocycles. The number of nitrogens with zero attached hydrogens (tertiary/aromatic N) is 3. The van der Waals surface area contributed by atoms with Gasteiger partial charge in [-0.25, -0.2) is 9.59 Å². The van der Waals surface area contributed by atoms with Gasteiger partial charge in [-0.1, -0.05) is 123 Å². The van der Waals surface area contributed by atoms with Crippen molar-refractivity contribution in [3.8, 4) is 5.75 Å². The van der Waals surface area contributed by atoms with Crippen molar-refractivity contribution >= 4 is 40.5 Å². The molecule has 0 saturated heterocycles. The Bertz CT molecular complexity index is 2480. The van der Waals surface area contributed by atoms with Gasteiger partial charge in [0.2, 0.25) is 5.91 Å². The Morgan fingerprint density at radius 3 is 2.06 bits per heavy atom. The lowest BCUT2D eigenvalue weighted by atomic mass is 9.84. The third kappa shape index (κ3) is 9.65. The largest absolute Gasteiger partial charge is 0.487 e. The minimum absolute atomic E-state index is 0.0273. The van der Waals surface area contributed by atoms with Gasteiger partial charge < -0.3 is 29.7 Å². The van der Waals surface area contributed by atoms with Crippen LogP contribution in [0.2, 0.25) is 0 Å². The Hall–Kier alpha value is -6.95. The number of alkyl carbamates (subject to hydrolysis) is 1. The highest BCUT2D eigenvalue weighted by Gasteiger charge is 2.51. The summed E-state index contributed by atoms with van der Waals surface area (Å²) in [5.74, 6) is -1.99. The SMILES string of the molecule is CCC(C)[C@H](C(=O)OC)N(C(=O)C1(NC(=O)OCc2ccccc2)CCc2ccccc2CC1)C(C(=O)Nc1ccccc1OCc1ccccc1)c1ccc2c(cnn2C)c1. The zero-order chi connectivity index (χ0) is 43.6. The van der Waals surface area contributed by atoms with E-state index in [4.69, 9.17) is 14.2 Å². The molecule has 62 heavy (non-hydrogen) atoms. The number of amides is 3. The van der Waals surface area contributed by atoms with Gasteiger partial charge in [-0.05, 0) is 83.7 Å². The maximum atomic E-state index is 16.2. The fraction of sp³-hybridized carbons (Fsp3) is 0.300. The Balaban J connectivity index is 1.36. The number of methoxy groups -OCH3 is 1. The Labute approximate surface area is 362 Å². The zero-order valence-corrected chi connectivity index (χ0v) is 35.6. The molecular formula is C50H53N5O7. The lowest BCUT2D eigenvalue weighted by Gasteiger charge is -2.44. The Kier molecular flexibility index (Phi) is 13.7. The first-order valence-electron chi connectivity index (χ1n) is 21.0. The number of anilines is 1. The van der Waals surface area contributed by atoms with E-state index in [1.165, 1.54) is 12.0 Å². The first-order valence-corrected chi connectivity index (χ1v) is 21.0. The lowest BCUT2D eigenvalue weighted by molar-refractivity contribution is -0.162. The minimum atomic E-state index is -1.62. The summed E-state index contributed by atoms with van der Waals surface area (Å²) in [6.07, 6.45) is 2.56. The van der Waals surface area contributed by atoms with Crippen LogP contribution in [0.4, 0.5) is 10.5 Å². The van der Waals surface area contributed by atoms with Gasteiger partial charge >= 0.3 is 12.1 Å². The number of carbonyl (C=O) groups excluding carboxylic acids is 4. The second-order valence-electron chi connectivity index (χ2n) is 15.9. The van der Waals surface area contributed by atoms with E-state index in [1.807, 2.05) is 124 Å². The van der Waals surface area contributed by atoms with Crippen LogP contribution in [0.3, 0.4) is 0 Å². The molecule has 2 N–H and O–H groups in total. The van der Waals surface area contributed by atoms with E-state index >= 15 is 9.59 Å². The smallest absolute Gasteiger partial charge is 0.408 e. The molecule has 2 unspecified atom stereocenters. The third-order valence-electron chi connectivity index (χ3n) is 11.9. The van der Waals surface area contributed by atoms with Crippen LogP contribution in [0.5, 0.6) is 5.75 Å². The summed E-state index contributed by atoms with van der Waals surface area (Å²) in [5, 5.41) is 11.3. The number of carbonyl (C=O) groups is 4. The molecule has 1 aliphatic rings. The highest BCUT2D eigenvalue weighted by molar-refractivity contribution is 6.02. The summed E-state index contributed by atoms with van der Waals surface area (Å²) >= 11 is 0. The molecule has 0 radical (unpaired) electrons. The van der Waals surface area contributed by atoms with Crippen LogP contribution in [0.1, 0.15) is 67.0 Å². The highest BCUT2D eigenvalue weighted by Crippen LogP contribution is 2.38. The number of hydrogen-bond acceptors (Lipinski definition) is 8. The fourth-order valence-corrected chi connectivity index (χ4v) is 8.25. The van der Waals surface area contributed by atoms with Gasteiger partial charge in [0.25, 0.3) is 5.91 Å². The summed E-state index contributed by atoms with van der Waals surface area (Å²) in [6, 6.07) is 36.7. The number of benzene rings is 5. The molecule has 0 aliphatic heterocycles. The van der Waals surface area contributed by atoms with E-state index in [-0.39, 0.29) is 26.1 Å². The van der Waals surface area contributed by atoms with E-state index in [1.54, 1.807) is 35.1 Å². The van der Waals surface area contributed by atoms with E-state index in [2.05, 4.69) is 15.7 Å². The van der Waals surface area contributed by atoms with Gasteiger partial charge in [-0.3, -0.25) is 14.3 Å². The number of hydrogen-bond donors (Lipinski definition) is 2. The number of fused-ring (bicyclic) bond motifs is 2. The van der Waals surface area contributed by atoms with Crippen LogP contribution in [-0.2, 0) is 57.0 Å². The van der Waals surface area contributed by atoms with Crippen molar-refractivity contribution in [1.82, 2.24) is 20.0 Å². The third-order valence-corrected chi connectivity index (χ3v) is 11.9. The molecule has 3 atom stereocenters. The van der Waals surface area contributed by atoms with Crippen molar-refractivity contribution in [3.05, 3.63) is 161 Å². The summed E-state index contributed by atoms with van der Waals surface area (Å²) in [4.78, 5) is 61.3. The molecule has 3 amide bonds. The van der Waals surface area contributed by atoms with Gasteiger partial charge in [-0.2, -0.15) is 5.10 Å². The Morgan fingerprint density at radius 1 is 0.806 bits per heavy atom. The standard InChI is InChI=1S/C50H53N5O7/c1-5-34(2)44(47(57)60-4)55(48(58)50(28-26-37-20-12-13-21-38(37)27-29-50)53-49(59)62-33-36-18-10-7-11-19-36)45(39-24-25-42-40(30-39)31-51-54(42)3)46(56)52-41-22-14-15-23-43(41)61-32-35-16-8-6-9-17-35/h6-25,30-31,34,44-45H,5,26-29,32-33H2,1-4H3,(H,52,56)(H,53,59)/t34?,44-,45?/m1/s1. The van der Waals surface area contributed by atoms with Gasteiger partial charge in [0.05, 0.1) is 24.5 Å². The average molecular weight is 836 g/mol. The average Bonchev–Trinajstić information content (AvgIpc) is 3.57. The van der Waals surface area contributed by atoms with E-state index in [0.29, 0.717) is 36.3 Å². The fourth-order valence-electron chi connectivity index (χ4n) is 8.25. The number of nitrogens with one attached hydrogen (secondary N) is 2. The van der Waals surface area contributed by atoms with Crippen LogP contribution in [0.15, 0.2) is 134 Å². The Morgan fingerprint density at radius 2 is 1.42 bits per heavy atom. The van der Waals surface area contributed by atoms with Gasteiger partial charge in [0.1, 0.15) is 36.6 Å². The normalized spacial score (nSPS) is 14.6. The van der Waals surface area contributed by atoms with Gasteiger partial charge in [0.15, 0.2) is 0 Å². The molecule has 12 heteroatoms. The maximum Gasteiger partial charge on any atom is 0.408 e. The molecule has 12 nitrogen and oxygen atoms in total. The molecule has 6 aromatic rings. The molecule has 320 valence electrons. The van der Waals surface area contributed by atoms with Crippen LogP contribution in [-0.4, -0.2) is 57.2 Å². The second kappa shape index (κ2) is 19.6. The molecular weight excluding hydrogens is 783 g/mol. The molecule has 0 bridgehead atoms. The quantitative estimate of drug-likeness (QED) is 0.0776. The van der Waals surface area contributed by atoms with Crippen LogP contribution >= 0.6 is 0 Å². The molecule has 1 aliphatic carbocycles. The first-order chi connectivity index (χ1) is 30.1. The van der Waals surface area contributed by atoms with Crippen LogP contribution in [0, 0.1) is 5.92 Å². The van der Waals surface area contributed by atoms with Crippen molar-refractivity contribution in [2.45, 2.75) is 76.8 Å². The number of para-hydroxylation sites is 2. The number of esters is 1. The van der Waals surface area contributed by atoms with Crippen molar-refractivity contribution in [2.75, 3.05) is 12.4 Å². The van der Waals surface area contributed by atoms with Crippen LogP contribution in [0.25, 0.3) is 10.9 Å². The lowest BCUT2D eigenvalue weighted by Crippen LogP contribution is -2.65. The van der Waals surface area contributed by atoms with Crippen LogP contribution < -0.4 is 15.4 Å². The summed E-state index contributed by atoms with van der Waals surface area (Å²) in [7, 11) is 3.09. The minimum Gasteiger partial charge on any atom is -0.487 e. The van der Waals surface area contributed by atoms with E-state index in [9.17, 15) is 9.59 Å². The van der Waals surface area contributed by atoms with Crippen molar-refractivity contribution < 1.29 is 33.4 Å². The molecule has 1 aromatic heterocycles. The molecule has 1 heterocycles. The maximum absolute atomic E-state index is 16.2. The summed E-state index contributed by atoms with van der Waals surface area (Å²) < 4.78 is 19.2. The van der Waals surface area contributed by atoms with Crippen molar-refractivity contribution in [1.29, 1.82) is 0 Å². The zero-order valence-electron chi connectivity index (χ0n) is 35.6. The van der Waals surface area contributed by atoms with Crippen molar-refractivity contribution in [2.24, 2.45) is 13.0 Å². The summed E-state index contributed by atoms with van der Waals surface area (Å²) in [5.41, 5.74) is 3.77. The first kappa shape index (κ1) is 43.1. The molecule has 5 aromatic carbocycles. The monoisotopic (exact) mass is 835 g/mol.